The summed E-state index contributed by atoms with van der Waals surface area (Å²) in [5, 5.41) is 5.05. The third kappa shape index (κ3) is 1.80. The Hall–Kier alpha value is -1.32. The molecule has 2 aromatic rings. The molecule has 2 fully saturated rings. The fourth-order valence-electron chi connectivity index (χ4n) is 3.27. The van der Waals surface area contributed by atoms with Gasteiger partial charge in [0.05, 0.1) is 18.6 Å². The van der Waals surface area contributed by atoms with Crippen LogP contribution in [0.5, 0.6) is 0 Å². The van der Waals surface area contributed by atoms with E-state index in [9.17, 15) is 0 Å². The molecule has 2 N–H and O–H groups in total. The molecule has 0 bridgehead atoms. The van der Waals surface area contributed by atoms with Gasteiger partial charge in [-0.25, -0.2) is 0 Å². The third-order valence-corrected chi connectivity index (χ3v) is 4.49. The van der Waals surface area contributed by atoms with Crippen LogP contribution in [-0.4, -0.2) is 30.8 Å². The van der Waals surface area contributed by atoms with E-state index in [4.69, 9.17) is 4.74 Å². The molecule has 2 heterocycles. The first-order valence-corrected chi connectivity index (χ1v) is 7.17. The lowest BCUT2D eigenvalue weighted by Gasteiger charge is -2.42. The van der Waals surface area contributed by atoms with Crippen molar-refractivity contribution >= 4 is 10.9 Å². The van der Waals surface area contributed by atoms with Crippen LogP contribution in [0, 0.1) is 6.92 Å². The van der Waals surface area contributed by atoms with Crippen LogP contribution in [-0.2, 0) is 10.2 Å². The van der Waals surface area contributed by atoms with E-state index >= 15 is 0 Å². The van der Waals surface area contributed by atoms with E-state index < -0.39 is 0 Å². The molecule has 4 rings (SSSR count). The van der Waals surface area contributed by atoms with Gasteiger partial charge in [0.25, 0.3) is 0 Å². The molecule has 19 heavy (non-hydrogen) atoms. The summed E-state index contributed by atoms with van der Waals surface area (Å²) in [5.41, 5.74) is 4.17. The highest BCUT2D eigenvalue weighted by atomic mass is 16.5. The molecule has 100 valence electrons. The van der Waals surface area contributed by atoms with Crippen LogP contribution >= 0.6 is 0 Å². The minimum absolute atomic E-state index is 0.173. The summed E-state index contributed by atoms with van der Waals surface area (Å²) in [5.74, 6) is 0. The fourth-order valence-corrected chi connectivity index (χ4v) is 3.27. The first-order valence-electron chi connectivity index (χ1n) is 7.17. The Labute approximate surface area is 113 Å². The van der Waals surface area contributed by atoms with Gasteiger partial charge in [0.2, 0.25) is 0 Å². The molecule has 0 amide bonds. The molecule has 0 spiro atoms. The largest absolute Gasteiger partial charge is 0.379 e. The summed E-state index contributed by atoms with van der Waals surface area (Å²) in [4.78, 5) is 3.52. The van der Waals surface area contributed by atoms with E-state index in [0.717, 1.165) is 25.8 Å². The molecule has 0 atom stereocenters. The Morgan fingerprint density at radius 3 is 2.79 bits per heavy atom. The monoisotopic (exact) mass is 256 g/mol. The smallest absolute Gasteiger partial charge is 0.0598 e. The lowest BCUT2D eigenvalue weighted by Crippen LogP contribution is -2.54. The maximum absolute atomic E-state index is 5.56. The number of aromatic amines is 1. The van der Waals surface area contributed by atoms with Gasteiger partial charge < -0.3 is 15.0 Å². The molecule has 3 heteroatoms. The van der Waals surface area contributed by atoms with Gasteiger partial charge in [-0.2, -0.15) is 0 Å². The number of aromatic nitrogens is 1. The summed E-state index contributed by atoms with van der Waals surface area (Å²) < 4.78 is 5.56. The van der Waals surface area contributed by atoms with Gasteiger partial charge in [-0.05, 0) is 31.4 Å². The van der Waals surface area contributed by atoms with E-state index in [-0.39, 0.29) is 5.41 Å². The Kier molecular flexibility index (Phi) is 2.47. The summed E-state index contributed by atoms with van der Waals surface area (Å²) in [7, 11) is 0. The van der Waals surface area contributed by atoms with Crippen LogP contribution in [0.15, 0.2) is 24.3 Å². The molecule has 1 saturated heterocycles. The number of rotatable bonds is 4. The fraction of sp³-hybridized carbons (Fsp3) is 0.500. The SMILES string of the molecule is Cc1[nH]c2ccccc2c1C1(CNC2CC2)COC1. The zero-order valence-electron chi connectivity index (χ0n) is 11.3. The number of hydrogen-bond donors (Lipinski definition) is 2. The predicted molar refractivity (Wildman–Crippen MR) is 76.6 cm³/mol. The summed E-state index contributed by atoms with van der Waals surface area (Å²) in [6.45, 7) is 4.91. The quantitative estimate of drug-likeness (QED) is 0.882. The highest BCUT2D eigenvalue weighted by molar-refractivity contribution is 5.86. The topological polar surface area (TPSA) is 37.0 Å². The maximum Gasteiger partial charge on any atom is 0.0598 e. The molecule has 0 unspecified atom stereocenters. The van der Waals surface area contributed by atoms with Crippen molar-refractivity contribution < 1.29 is 4.74 Å². The molecule has 2 aliphatic rings. The van der Waals surface area contributed by atoms with E-state index in [2.05, 4.69) is 41.5 Å². The second-order valence-electron chi connectivity index (χ2n) is 6.10. The van der Waals surface area contributed by atoms with Crippen molar-refractivity contribution in [3.05, 3.63) is 35.5 Å². The summed E-state index contributed by atoms with van der Waals surface area (Å²) in [6.07, 6.45) is 2.67. The van der Waals surface area contributed by atoms with Crippen molar-refractivity contribution in [1.82, 2.24) is 10.3 Å². The van der Waals surface area contributed by atoms with E-state index in [0.29, 0.717) is 0 Å². The first kappa shape index (κ1) is 11.5. The highest BCUT2D eigenvalue weighted by Gasteiger charge is 2.43. The standard InChI is InChI=1S/C16H20N2O/c1-11-15(13-4-2-3-5-14(13)18-11)16(9-19-10-16)8-17-12-6-7-12/h2-5,12,17-18H,6-10H2,1H3. The van der Waals surface area contributed by atoms with Crippen LogP contribution < -0.4 is 5.32 Å². The van der Waals surface area contributed by atoms with Crippen molar-refractivity contribution in [2.45, 2.75) is 31.2 Å². The molecular weight excluding hydrogens is 236 g/mol. The average Bonchev–Trinajstić information content (AvgIpc) is 3.12. The molecule has 1 aliphatic heterocycles. The van der Waals surface area contributed by atoms with Crippen LogP contribution in [0.4, 0.5) is 0 Å². The third-order valence-electron chi connectivity index (χ3n) is 4.49. The number of ether oxygens (including phenoxy) is 1. The molecule has 1 aromatic carbocycles. The number of para-hydroxylation sites is 1. The molecule has 1 saturated carbocycles. The number of benzene rings is 1. The van der Waals surface area contributed by atoms with Gasteiger partial charge in [0.1, 0.15) is 0 Å². The zero-order valence-corrected chi connectivity index (χ0v) is 11.3. The molecule has 0 radical (unpaired) electrons. The van der Waals surface area contributed by atoms with Crippen molar-refractivity contribution in [1.29, 1.82) is 0 Å². The van der Waals surface area contributed by atoms with Gasteiger partial charge in [0, 0.05) is 29.2 Å². The zero-order chi connectivity index (χ0) is 12.9. The van der Waals surface area contributed by atoms with Gasteiger partial charge in [-0.1, -0.05) is 18.2 Å². The Bertz CT molecular complexity index is 608. The van der Waals surface area contributed by atoms with E-state index in [1.54, 1.807) is 0 Å². The highest BCUT2D eigenvalue weighted by Crippen LogP contribution is 2.39. The van der Waals surface area contributed by atoms with Gasteiger partial charge in [0.15, 0.2) is 0 Å². The van der Waals surface area contributed by atoms with Crippen LogP contribution in [0.2, 0.25) is 0 Å². The minimum atomic E-state index is 0.173. The number of nitrogens with one attached hydrogen (secondary N) is 2. The first-order chi connectivity index (χ1) is 9.28. The van der Waals surface area contributed by atoms with Crippen molar-refractivity contribution in [2.75, 3.05) is 19.8 Å². The number of aryl methyl sites for hydroxylation is 1. The van der Waals surface area contributed by atoms with Crippen molar-refractivity contribution in [3.63, 3.8) is 0 Å². The second-order valence-corrected chi connectivity index (χ2v) is 6.10. The second kappa shape index (κ2) is 4.09. The normalized spacial score (nSPS) is 21.5. The minimum Gasteiger partial charge on any atom is -0.379 e. The maximum atomic E-state index is 5.56. The Morgan fingerprint density at radius 1 is 1.32 bits per heavy atom. The summed E-state index contributed by atoms with van der Waals surface area (Å²) >= 11 is 0. The number of hydrogen-bond acceptors (Lipinski definition) is 2. The van der Waals surface area contributed by atoms with Crippen LogP contribution in [0.1, 0.15) is 24.1 Å². The molecule has 3 nitrogen and oxygen atoms in total. The van der Waals surface area contributed by atoms with E-state index in [1.165, 1.54) is 35.0 Å². The predicted octanol–water partition coefficient (Wildman–Crippen LogP) is 2.50. The van der Waals surface area contributed by atoms with Crippen molar-refractivity contribution in [2.24, 2.45) is 0 Å². The molecule has 1 aliphatic carbocycles. The Balaban J connectivity index is 1.75. The van der Waals surface area contributed by atoms with Crippen LogP contribution in [0.25, 0.3) is 10.9 Å². The lowest BCUT2D eigenvalue weighted by molar-refractivity contribution is -0.0587. The lowest BCUT2D eigenvalue weighted by atomic mass is 9.77. The number of fused-ring (bicyclic) bond motifs is 1. The van der Waals surface area contributed by atoms with E-state index in [1.807, 2.05) is 0 Å². The summed E-state index contributed by atoms with van der Waals surface area (Å²) in [6, 6.07) is 9.36. The van der Waals surface area contributed by atoms with Crippen molar-refractivity contribution in [3.8, 4) is 0 Å². The van der Waals surface area contributed by atoms with Gasteiger partial charge in [-0.15, -0.1) is 0 Å². The average molecular weight is 256 g/mol. The van der Waals surface area contributed by atoms with Gasteiger partial charge in [-0.3, -0.25) is 0 Å². The van der Waals surface area contributed by atoms with Gasteiger partial charge >= 0.3 is 0 Å². The number of H-pyrrole nitrogens is 1. The van der Waals surface area contributed by atoms with Crippen LogP contribution in [0.3, 0.4) is 0 Å². The molecule has 1 aromatic heterocycles. The molecular formula is C16H20N2O. The Morgan fingerprint density at radius 2 is 2.11 bits per heavy atom.